The van der Waals surface area contributed by atoms with Gasteiger partial charge in [0.05, 0.1) is 0 Å². The van der Waals surface area contributed by atoms with Crippen molar-refractivity contribution in [1.82, 2.24) is 9.55 Å². The van der Waals surface area contributed by atoms with E-state index in [1.54, 1.807) is 0 Å². The molecule has 0 spiro atoms. The second-order valence-electron chi connectivity index (χ2n) is 14.1. The average Bonchev–Trinajstić information content (AvgIpc) is 3.43. The van der Waals surface area contributed by atoms with Crippen LogP contribution in [0.4, 0.5) is 0 Å². The monoisotopic (exact) mass is 538 g/mol. The van der Waals surface area contributed by atoms with Gasteiger partial charge in [0.15, 0.2) is 0 Å². The molecule has 0 atom stereocenters. The van der Waals surface area contributed by atoms with E-state index in [0.29, 0.717) is 11.8 Å². The molecular weight excluding hydrogens is 495 g/mol. The Kier molecular flexibility index (Phi) is 6.76. The van der Waals surface area contributed by atoms with Crippen molar-refractivity contribution in [3.63, 3.8) is 0 Å². The lowest BCUT2D eigenvalue weighted by molar-refractivity contribution is 0.411. The van der Waals surface area contributed by atoms with Crippen LogP contribution in [0.1, 0.15) is 88.1 Å². The first kappa shape index (κ1) is 27.6. The molecule has 0 unspecified atom stereocenters. The van der Waals surface area contributed by atoms with Crippen LogP contribution in [0.3, 0.4) is 0 Å². The number of fused-ring (bicyclic) bond motifs is 4. The molecule has 2 nitrogen and oxygen atoms in total. The quantitative estimate of drug-likeness (QED) is 0.204. The molecule has 3 heteroatoms. The van der Waals surface area contributed by atoms with E-state index in [0.717, 1.165) is 12.2 Å². The summed E-state index contributed by atoms with van der Waals surface area (Å²) in [6.45, 7) is 20.8. The molecular formula is C38H43BN2. The molecule has 0 aliphatic carbocycles. The van der Waals surface area contributed by atoms with E-state index in [9.17, 15) is 0 Å². The first-order valence-electron chi connectivity index (χ1n) is 15.3. The summed E-state index contributed by atoms with van der Waals surface area (Å²) in [5, 5.41) is 2.62. The molecule has 1 aliphatic heterocycles. The largest absolute Gasteiger partial charge is 0.305 e. The summed E-state index contributed by atoms with van der Waals surface area (Å²) in [6.07, 6.45) is 3.21. The van der Waals surface area contributed by atoms with Crippen LogP contribution in [-0.4, -0.2) is 16.3 Å². The molecule has 1 aliphatic rings. The summed E-state index contributed by atoms with van der Waals surface area (Å²) >= 11 is 0. The Morgan fingerprint density at radius 2 is 1.44 bits per heavy atom. The zero-order valence-electron chi connectivity index (χ0n) is 26.3. The van der Waals surface area contributed by atoms with Crippen LogP contribution in [0.15, 0.2) is 72.9 Å². The lowest BCUT2D eigenvalue weighted by Gasteiger charge is -2.23. The Hall–Kier alpha value is -3.59. The minimum Gasteiger partial charge on any atom is -0.305 e. The molecule has 1 aromatic heterocycles. The van der Waals surface area contributed by atoms with Gasteiger partial charge in [-0.05, 0) is 88.6 Å². The van der Waals surface area contributed by atoms with E-state index in [-0.39, 0.29) is 12.1 Å². The Bertz CT molecular complexity index is 1730. The van der Waals surface area contributed by atoms with Crippen molar-refractivity contribution < 1.29 is 0 Å². The third kappa shape index (κ3) is 4.94. The van der Waals surface area contributed by atoms with E-state index in [1.165, 1.54) is 66.4 Å². The molecule has 6 rings (SSSR count). The SMILES string of the molecule is Cc1cc(C)cc(-c2ncc3n2-c2cc4ccc(CC(C)(C)C)cc4cc2B3c2c(C(C)C)cccc2C(C)C)c1. The molecule has 0 saturated carbocycles. The van der Waals surface area contributed by atoms with Gasteiger partial charge in [-0.15, -0.1) is 0 Å². The maximum atomic E-state index is 5.11. The van der Waals surface area contributed by atoms with Crippen LogP contribution < -0.4 is 16.5 Å². The maximum absolute atomic E-state index is 5.11. The van der Waals surface area contributed by atoms with E-state index >= 15 is 0 Å². The molecule has 0 amide bonds. The van der Waals surface area contributed by atoms with Crippen molar-refractivity contribution in [3.05, 3.63) is 101 Å². The minimum absolute atomic E-state index is 0.142. The molecule has 2 heterocycles. The van der Waals surface area contributed by atoms with Crippen LogP contribution in [0.5, 0.6) is 0 Å². The smallest absolute Gasteiger partial charge is 0.268 e. The van der Waals surface area contributed by atoms with Gasteiger partial charge in [0.2, 0.25) is 0 Å². The van der Waals surface area contributed by atoms with Crippen molar-refractivity contribution in [1.29, 1.82) is 0 Å². The number of nitrogens with zero attached hydrogens (tertiary/aromatic N) is 2. The van der Waals surface area contributed by atoms with Crippen LogP contribution in [0.25, 0.3) is 27.8 Å². The minimum atomic E-state index is 0.142. The third-order valence-electron chi connectivity index (χ3n) is 8.61. The Morgan fingerprint density at radius 1 is 0.780 bits per heavy atom. The summed E-state index contributed by atoms with van der Waals surface area (Å²) in [7, 11) is 0. The Labute approximate surface area is 246 Å². The fraction of sp³-hybridized carbons (Fsp3) is 0.342. The van der Waals surface area contributed by atoms with Gasteiger partial charge in [0.25, 0.3) is 6.71 Å². The van der Waals surface area contributed by atoms with Gasteiger partial charge in [-0.25, -0.2) is 4.98 Å². The lowest BCUT2D eigenvalue weighted by atomic mass is 9.37. The van der Waals surface area contributed by atoms with E-state index in [1.807, 2.05) is 0 Å². The van der Waals surface area contributed by atoms with Gasteiger partial charge in [-0.1, -0.05) is 114 Å². The summed E-state index contributed by atoms with van der Waals surface area (Å²) in [4.78, 5) is 5.11. The first-order chi connectivity index (χ1) is 19.4. The average molecular weight is 539 g/mol. The van der Waals surface area contributed by atoms with Crippen molar-refractivity contribution in [2.45, 2.75) is 80.6 Å². The number of hydrogen-bond acceptors (Lipinski definition) is 1. The predicted molar refractivity (Wildman–Crippen MR) is 178 cm³/mol. The molecule has 0 saturated heterocycles. The number of rotatable bonds is 5. The number of benzene rings is 4. The lowest BCUT2D eigenvalue weighted by Crippen LogP contribution is -2.52. The Balaban J connectivity index is 1.66. The van der Waals surface area contributed by atoms with Crippen LogP contribution in [-0.2, 0) is 6.42 Å². The number of hydrogen-bond donors (Lipinski definition) is 0. The molecule has 0 N–H and O–H groups in total. The summed E-state index contributed by atoms with van der Waals surface area (Å²) in [5.74, 6) is 1.90. The topological polar surface area (TPSA) is 17.8 Å². The van der Waals surface area contributed by atoms with E-state index in [4.69, 9.17) is 4.98 Å². The van der Waals surface area contributed by atoms with Crippen LogP contribution >= 0.6 is 0 Å². The third-order valence-corrected chi connectivity index (χ3v) is 8.61. The first-order valence-corrected chi connectivity index (χ1v) is 15.3. The fourth-order valence-corrected chi connectivity index (χ4v) is 7.03. The summed E-state index contributed by atoms with van der Waals surface area (Å²) < 4.78 is 2.46. The second kappa shape index (κ2) is 10.0. The van der Waals surface area contributed by atoms with Gasteiger partial charge < -0.3 is 4.57 Å². The molecule has 208 valence electrons. The van der Waals surface area contributed by atoms with Gasteiger partial charge in [0.1, 0.15) is 5.82 Å². The molecule has 5 aromatic rings. The van der Waals surface area contributed by atoms with Gasteiger partial charge in [0, 0.05) is 23.0 Å². The number of imidazole rings is 1. The van der Waals surface area contributed by atoms with Crippen molar-refractivity contribution in [2.24, 2.45) is 5.41 Å². The van der Waals surface area contributed by atoms with Crippen molar-refractivity contribution in [3.8, 4) is 17.1 Å². The highest BCUT2D eigenvalue weighted by Gasteiger charge is 2.39. The highest BCUT2D eigenvalue weighted by Crippen LogP contribution is 2.31. The molecule has 0 radical (unpaired) electrons. The standard InChI is InChI=1S/C38H43BN2/c1-23(2)31-11-10-12-32(24(3)4)36(31)39-33-19-29-18-27(21-38(7,8)9)13-14-28(29)20-34(33)41-35(39)22-40-37(41)30-16-25(5)15-26(6)17-30/h10-20,22-24H,21H2,1-9H3. The summed E-state index contributed by atoms with van der Waals surface area (Å²) in [6, 6.07) is 25.7. The fourth-order valence-electron chi connectivity index (χ4n) is 7.03. The van der Waals surface area contributed by atoms with Gasteiger partial charge >= 0.3 is 0 Å². The highest BCUT2D eigenvalue weighted by molar-refractivity contribution is 6.97. The zero-order chi connectivity index (χ0) is 29.2. The predicted octanol–water partition coefficient (Wildman–Crippen LogP) is 7.97. The normalized spacial score (nSPS) is 13.0. The van der Waals surface area contributed by atoms with E-state index in [2.05, 4.69) is 140 Å². The van der Waals surface area contributed by atoms with Gasteiger partial charge in [-0.3, -0.25) is 0 Å². The maximum Gasteiger partial charge on any atom is 0.268 e. The van der Waals surface area contributed by atoms with Crippen LogP contribution in [0.2, 0.25) is 0 Å². The summed E-state index contributed by atoms with van der Waals surface area (Å²) in [5.41, 5.74) is 13.7. The molecule has 0 bridgehead atoms. The van der Waals surface area contributed by atoms with Crippen LogP contribution in [0, 0.1) is 19.3 Å². The second-order valence-corrected chi connectivity index (χ2v) is 14.1. The van der Waals surface area contributed by atoms with Crippen molar-refractivity contribution >= 4 is 34.0 Å². The zero-order valence-corrected chi connectivity index (χ0v) is 26.3. The molecule has 4 aromatic carbocycles. The molecule has 41 heavy (non-hydrogen) atoms. The highest BCUT2D eigenvalue weighted by atomic mass is 15.1. The van der Waals surface area contributed by atoms with Crippen molar-refractivity contribution in [2.75, 3.05) is 0 Å². The van der Waals surface area contributed by atoms with E-state index < -0.39 is 0 Å². The number of aryl methyl sites for hydroxylation is 2. The number of aromatic nitrogens is 2. The molecule has 0 fully saturated rings. The Morgan fingerprint density at radius 3 is 2.05 bits per heavy atom. The van der Waals surface area contributed by atoms with Gasteiger partial charge in [-0.2, -0.15) is 0 Å².